The summed E-state index contributed by atoms with van der Waals surface area (Å²) in [6.45, 7) is 2.85. The smallest absolute Gasteiger partial charge is 0.225 e. The summed E-state index contributed by atoms with van der Waals surface area (Å²) in [7, 11) is 0. The average molecular weight is 302 g/mol. The van der Waals surface area contributed by atoms with Crippen LogP contribution < -0.4 is 4.74 Å². The molecule has 1 amide bonds. The van der Waals surface area contributed by atoms with E-state index in [1.54, 1.807) is 6.20 Å². The van der Waals surface area contributed by atoms with Gasteiger partial charge < -0.3 is 14.4 Å². The summed E-state index contributed by atoms with van der Waals surface area (Å²) in [6.07, 6.45) is 6.06. The molecule has 0 bridgehead atoms. The number of aromatic nitrogens is 1. The number of likely N-dealkylation sites (tertiary alicyclic amines) is 1. The Morgan fingerprint density at radius 1 is 1.36 bits per heavy atom. The molecule has 1 saturated carbocycles. The van der Waals surface area contributed by atoms with Crippen molar-refractivity contribution in [2.24, 2.45) is 11.8 Å². The normalized spacial score (nSPS) is 26.5. The molecule has 4 rings (SSSR count). The van der Waals surface area contributed by atoms with Crippen molar-refractivity contribution in [2.45, 2.75) is 31.3 Å². The average Bonchev–Trinajstić information content (AvgIpc) is 2.86. The fourth-order valence-corrected chi connectivity index (χ4v) is 3.66. The van der Waals surface area contributed by atoms with Gasteiger partial charge in [0.15, 0.2) is 0 Å². The first-order valence-corrected chi connectivity index (χ1v) is 8.23. The van der Waals surface area contributed by atoms with Gasteiger partial charge >= 0.3 is 0 Å². The molecule has 0 radical (unpaired) electrons. The van der Waals surface area contributed by atoms with E-state index in [0.29, 0.717) is 24.3 Å². The predicted octanol–water partition coefficient (Wildman–Crippen LogP) is 1.88. The Hall–Kier alpha value is -1.62. The van der Waals surface area contributed by atoms with E-state index >= 15 is 0 Å². The van der Waals surface area contributed by atoms with Gasteiger partial charge in [-0.3, -0.25) is 4.79 Å². The fraction of sp³-hybridized carbons (Fsp3) is 0.647. The van der Waals surface area contributed by atoms with E-state index < -0.39 is 0 Å². The van der Waals surface area contributed by atoms with Crippen molar-refractivity contribution in [1.82, 2.24) is 9.88 Å². The second-order valence-corrected chi connectivity index (χ2v) is 6.70. The Morgan fingerprint density at radius 3 is 2.91 bits per heavy atom. The molecular weight excluding hydrogens is 280 g/mol. The van der Waals surface area contributed by atoms with Crippen LogP contribution in [0.25, 0.3) is 0 Å². The number of ether oxygens (including phenoxy) is 2. The van der Waals surface area contributed by atoms with Crippen molar-refractivity contribution >= 4 is 5.91 Å². The van der Waals surface area contributed by atoms with Crippen molar-refractivity contribution in [3.63, 3.8) is 0 Å². The van der Waals surface area contributed by atoms with E-state index in [4.69, 9.17) is 9.47 Å². The van der Waals surface area contributed by atoms with Crippen molar-refractivity contribution in [2.75, 3.05) is 26.3 Å². The lowest BCUT2D eigenvalue weighted by Crippen LogP contribution is -2.67. The Morgan fingerprint density at radius 2 is 2.23 bits per heavy atom. The summed E-state index contributed by atoms with van der Waals surface area (Å²) >= 11 is 0. The van der Waals surface area contributed by atoms with Crippen LogP contribution in [0.2, 0.25) is 0 Å². The van der Waals surface area contributed by atoms with E-state index in [2.05, 4.69) is 4.98 Å². The van der Waals surface area contributed by atoms with Crippen LogP contribution in [0.15, 0.2) is 24.4 Å². The number of carbonyl (C=O) groups excluding carboxylic acids is 1. The van der Waals surface area contributed by atoms with Crippen LogP contribution in [0.4, 0.5) is 0 Å². The summed E-state index contributed by atoms with van der Waals surface area (Å²) in [4.78, 5) is 18.4. The first-order valence-electron chi connectivity index (χ1n) is 8.23. The second-order valence-electron chi connectivity index (χ2n) is 6.70. The zero-order valence-electron chi connectivity index (χ0n) is 12.7. The fourth-order valence-electron chi connectivity index (χ4n) is 3.66. The largest absolute Gasteiger partial charge is 0.477 e. The highest BCUT2D eigenvalue weighted by Crippen LogP contribution is 2.42. The Kier molecular flexibility index (Phi) is 3.53. The van der Waals surface area contributed by atoms with Gasteiger partial charge in [-0.15, -0.1) is 0 Å². The number of hydrogen-bond acceptors (Lipinski definition) is 4. The molecular formula is C17H22N2O3. The lowest BCUT2D eigenvalue weighted by Gasteiger charge is -2.51. The summed E-state index contributed by atoms with van der Waals surface area (Å²) in [6, 6.07) is 5.67. The quantitative estimate of drug-likeness (QED) is 0.852. The topological polar surface area (TPSA) is 51.7 Å². The molecule has 3 aliphatic rings. The molecule has 1 unspecified atom stereocenters. The maximum atomic E-state index is 12.3. The molecule has 3 fully saturated rings. The van der Waals surface area contributed by atoms with Gasteiger partial charge in [-0.25, -0.2) is 4.98 Å². The van der Waals surface area contributed by atoms with Crippen LogP contribution >= 0.6 is 0 Å². The third kappa shape index (κ3) is 2.37. The summed E-state index contributed by atoms with van der Waals surface area (Å²) in [5.74, 6) is 1.62. The Labute approximate surface area is 130 Å². The van der Waals surface area contributed by atoms with Crippen molar-refractivity contribution in [3.05, 3.63) is 24.4 Å². The van der Waals surface area contributed by atoms with Crippen LogP contribution in [0.1, 0.15) is 25.7 Å². The van der Waals surface area contributed by atoms with Gasteiger partial charge in [0, 0.05) is 30.7 Å². The molecule has 5 nitrogen and oxygen atoms in total. The maximum Gasteiger partial charge on any atom is 0.225 e. The number of pyridine rings is 1. The highest BCUT2D eigenvalue weighted by atomic mass is 16.5. The number of carbonyl (C=O) groups is 1. The van der Waals surface area contributed by atoms with E-state index in [0.717, 1.165) is 39.0 Å². The molecule has 3 heterocycles. The van der Waals surface area contributed by atoms with Crippen LogP contribution in [-0.2, 0) is 9.53 Å². The van der Waals surface area contributed by atoms with Gasteiger partial charge in [-0.2, -0.15) is 0 Å². The van der Waals surface area contributed by atoms with Gasteiger partial charge in [0.05, 0.1) is 19.7 Å². The summed E-state index contributed by atoms with van der Waals surface area (Å²) in [5, 5.41) is 0. The lowest BCUT2D eigenvalue weighted by molar-refractivity contribution is -0.172. The zero-order chi connectivity index (χ0) is 15.0. The Bertz CT molecular complexity index is 538. The number of rotatable bonds is 4. The van der Waals surface area contributed by atoms with E-state index in [9.17, 15) is 4.79 Å². The van der Waals surface area contributed by atoms with Gasteiger partial charge in [-0.1, -0.05) is 12.5 Å². The van der Waals surface area contributed by atoms with Crippen molar-refractivity contribution in [1.29, 1.82) is 0 Å². The van der Waals surface area contributed by atoms with E-state index in [-0.39, 0.29) is 11.5 Å². The summed E-state index contributed by atoms with van der Waals surface area (Å²) in [5.41, 5.74) is -0.172. The predicted molar refractivity (Wildman–Crippen MR) is 80.4 cm³/mol. The molecule has 1 atom stereocenters. The molecule has 22 heavy (non-hydrogen) atoms. The monoisotopic (exact) mass is 302 g/mol. The van der Waals surface area contributed by atoms with Crippen LogP contribution in [-0.4, -0.2) is 47.7 Å². The van der Waals surface area contributed by atoms with Gasteiger partial charge in [0.2, 0.25) is 11.8 Å². The third-order valence-corrected chi connectivity index (χ3v) is 5.35. The number of nitrogens with zero attached hydrogens (tertiary/aromatic N) is 2. The molecule has 0 N–H and O–H groups in total. The highest BCUT2D eigenvalue weighted by Gasteiger charge is 2.55. The van der Waals surface area contributed by atoms with Crippen molar-refractivity contribution < 1.29 is 14.3 Å². The van der Waals surface area contributed by atoms with Crippen LogP contribution in [0.5, 0.6) is 5.88 Å². The van der Waals surface area contributed by atoms with Crippen LogP contribution in [0.3, 0.4) is 0 Å². The first-order chi connectivity index (χ1) is 10.8. The molecule has 1 aromatic rings. The standard InChI is InChI=1S/C17H22N2O3/c20-16(13-4-3-5-13)19-11-17(12-19)14(7-9-22-17)10-21-15-6-1-2-8-18-15/h1-2,6,8,13-14H,3-5,7,9-12H2. The molecule has 2 saturated heterocycles. The minimum absolute atomic E-state index is 0.172. The molecule has 0 aromatic carbocycles. The molecule has 5 heteroatoms. The minimum atomic E-state index is -0.172. The molecule has 118 valence electrons. The van der Waals surface area contributed by atoms with Gasteiger partial charge in [-0.05, 0) is 25.3 Å². The van der Waals surface area contributed by atoms with Gasteiger partial charge in [0.1, 0.15) is 5.60 Å². The Balaban J connectivity index is 1.33. The van der Waals surface area contributed by atoms with E-state index in [1.165, 1.54) is 6.42 Å². The summed E-state index contributed by atoms with van der Waals surface area (Å²) < 4.78 is 11.8. The zero-order valence-corrected chi connectivity index (χ0v) is 12.7. The maximum absolute atomic E-state index is 12.3. The highest BCUT2D eigenvalue weighted by molar-refractivity contribution is 5.80. The number of amides is 1. The minimum Gasteiger partial charge on any atom is -0.477 e. The van der Waals surface area contributed by atoms with E-state index in [1.807, 2.05) is 23.1 Å². The van der Waals surface area contributed by atoms with Gasteiger partial charge in [0.25, 0.3) is 0 Å². The molecule has 2 aliphatic heterocycles. The first kappa shape index (κ1) is 14.0. The molecule has 1 spiro atoms. The third-order valence-electron chi connectivity index (χ3n) is 5.35. The van der Waals surface area contributed by atoms with Crippen LogP contribution in [0, 0.1) is 11.8 Å². The SMILES string of the molecule is O=C(C1CCC1)N1CC2(C1)OCCC2COc1ccccn1. The second kappa shape index (κ2) is 5.54. The molecule has 1 aromatic heterocycles. The lowest BCUT2D eigenvalue weighted by atomic mass is 9.78. The molecule has 1 aliphatic carbocycles. The van der Waals surface area contributed by atoms with Crippen molar-refractivity contribution in [3.8, 4) is 5.88 Å². The number of hydrogen-bond donors (Lipinski definition) is 0.